The fraction of sp³-hybridized carbons (Fsp3) is 0.500. The molecule has 1 aliphatic heterocycles. The molecule has 5 heteroatoms. The van der Waals surface area contributed by atoms with Crippen molar-refractivity contribution in [3.63, 3.8) is 0 Å². The summed E-state index contributed by atoms with van der Waals surface area (Å²) >= 11 is 1.65. The monoisotopic (exact) mass is 248 g/mol. The molecule has 0 unspecified atom stereocenters. The first-order valence-corrected chi connectivity index (χ1v) is 6.96. The summed E-state index contributed by atoms with van der Waals surface area (Å²) < 4.78 is 2.28. The van der Waals surface area contributed by atoms with E-state index in [1.807, 2.05) is 11.7 Å². The molecule has 3 heterocycles. The van der Waals surface area contributed by atoms with Gasteiger partial charge in [0.15, 0.2) is 0 Å². The van der Waals surface area contributed by atoms with Gasteiger partial charge < -0.3 is 9.88 Å². The van der Waals surface area contributed by atoms with E-state index < -0.39 is 0 Å². The summed E-state index contributed by atoms with van der Waals surface area (Å²) in [6.45, 7) is 2.98. The number of fused-ring (bicyclic) bond motifs is 1. The second kappa shape index (κ2) is 4.98. The first-order chi connectivity index (χ1) is 8.43. The minimum Gasteiger partial charge on any atom is -0.335 e. The Kier molecular flexibility index (Phi) is 3.20. The van der Waals surface area contributed by atoms with Crippen LogP contribution in [0.25, 0.3) is 0 Å². The van der Waals surface area contributed by atoms with E-state index in [0.29, 0.717) is 5.92 Å². The SMILES string of the molecule is c1cn2c(n1)[C@@H](CNCc1cscn1)CCC2. The number of imidazole rings is 1. The van der Waals surface area contributed by atoms with Crippen LogP contribution in [0.5, 0.6) is 0 Å². The van der Waals surface area contributed by atoms with Gasteiger partial charge in [-0.15, -0.1) is 11.3 Å². The quantitative estimate of drug-likeness (QED) is 0.900. The van der Waals surface area contributed by atoms with Gasteiger partial charge >= 0.3 is 0 Å². The molecule has 2 aromatic rings. The van der Waals surface area contributed by atoms with Gasteiger partial charge in [-0.1, -0.05) is 0 Å². The molecule has 0 spiro atoms. The summed E-state index contributed by atoms with van der Waals surface area (Å²) in [6.07, 6.45) is 6.49. The third-order valence-corrected chi connectivity index (χ3v) is 3.88. The first kappa shape index (κ1) is 10.9. The predicted octanol–water partition coefficient (Wildman–Crippen LogP) is 2.01. The van der Waals surface area contributed by atoms with Crippen molar-refractivity contribution in [2.75, 3.05) is 6.54 Å². The summed E-state index contributed by atoms with van der Waals surface area (Å²) in [5, 5.41) is 5.57. The third kappa shape index (κ3) is 2.40. The lowest BCUT2D eigenvalue weighted by atomic mass is 9.99. The van der Waals surface area contributed by atoms with E-state index in [2.05, 4.69) is 31.4 Å². The number of nitrogens with zero attached hydrogens (tertiary/aromatic N) is 3. The van der Waals surface area contributed by atoms with Crippen LogP contribution in [0.15, 0.2) is 23.3 Å². The van der Waals surface area contributed by atoms with Crippen molar-refractivity contribution in [3.8, 4) is 0 Å². The summed E-state index contributed by atoms with van der Waals surface area (Å²) in [4.78, 5) is 8.73. The van der Waals surface area contributed by atoms with Crippen molar-refractivity contribution in [2.24, 2.45) is 0 Å². The van der Waals surface area contributed by atoms with Crippen LogP contribution in [0.3, 0.4) is 0 Å². The summed E-state index contributed by atoms with van der Waals surface area (Å²) in [6, 6.07) is 0. The molecular weight excluding hydrogens is 232 g/mol. The van der Waals surface area contributed by atoms with E-state index in [-0.39, 0.29) is 0 Å². The second-order valence-corrected chi connectivity index (χ2v) is 5.15. The molecule has 0 saturated carbocycles. The molecule has 0 aromatic carbocycles. The molecule has 0 amide bonds. The highest BCUT2D eigenvalue weighted by molar-refractivity contribution is 7.07. The molecule has 0 bridgehead atoms. The molecule has 0 saturated heterocycles. The zero-order valence-corrected chi connectivity index (χ0v) is 10.5. The zero-order valence-electron chi connectivity index (χ0n) is 9.67. The molecule has 1 N–H and O–H groups in total. The lowest BCUT2D eigenvalue weighted by molar-refractivity contribution is 0.422. The molecule has 0 radical (unpaired) electrons. The summed E-state index contributed by atoms with van der Waals surface area (Å²) in [5.41, 5.74) is 3.01. The van der Waals surface area contributed by atoms with Crippen LogP contribution in [0.2, 0.25) is 0 Å². The topological polar surface area (TPSA) is 42.7 Å². The summed E-state index contributed by atoms with van der Waals surface area (Å²) in [5.74, 6) is 1.79. The number of aromatic nitrogens is 3. The molecule has 0 aliphatic carbocycles. The van der Waals surface area contributed by atoms with Crippen LogP contribution in [-0.4, -0.2) is 21.1 Å². The maximum Gasteiger partial charge on any atom is 0.113 e. The Labute approximate surface area is 105 Å². The molecule has 90 valence electrons. The van der Waals surface area contributed by atoms with Crippen LogP contribution in [0.1, 0.15) is 30.3 Å². The van der Waals surface area contributed by atoms with Gasteiger partial charge in [0.05, 0.1) is 11.2 Å². The zero-order chi connectivity index (χ0) is 11.5. The van der Waals surface area contributed by atoms with Crippen molar-refractivity contribution in [2.45, 2.75) is 31.8 Å². The van der Waals surface area contributed by atoms with Gasteiger partial charge in [-0.2, -0.15) is 0 Å². The third-order valence-electron chi connectivity index (χ3n) is 3.24. The average Bonchev–Trinajstić information content (AvgIpc) is 2.99. The largest absolute Gasteiger partial charge is 0.335 e. The van der Waals surface area contributed by atoms with Gasteiger partial charge in [0.25, 0.3) is 0 Å². The highest BCUT2D eigenvalue weighted by atomic mass is 32.1. The Hall–Kier alpha value is -1.20. The molecule has 1 aliphatic rings. The van der Waals surface area contributed by atoms with E-state index in [4.69, 9.17) is 0 Å². The van der Waals surface area contributed by atoms with Crippen molar-refractivity contribution < 1.29 is 0 Å². The lowest BCUT2D eigenvalue weighted by Gasteiger charge is -2.23. The fourth-order valence-corrected chi connectivity index (χ4v) is 2.96. The Morgan fingerprint density at radius 2 is 2.47 bits per heavy atom. The standard InChI is InChI=1S/C12H16N4S/c1-2-10(12-14-3-5-16(12)4-1)6-13-7-11-8-17-9-15-11/h3,5,8-10,13H,1-2,4,6-7H2/t10-/m1/s1. The Bertz CT molecular complexity index is 463. The normalized spacial score (nSPS) is 19.2. The molecule has 3 rings (SSSR count). The van der Waals surface area contributed by atoms with Crippen LogP contribution in [0, 0.1) is 0 Å². The fourth-order valence-electron chi connectivity index (χ4n) is 2.40. The Balaban J connectivity index is 1.57. The van der Waals surface area contributed by atoms with Gasteiger partial charge in [0, 0.05) is 43.3 Å². The molecule has 17 heavy (non-hydrogen) atoms. The van der Waals surface area contributed by atoms with E-state index in [9.17, 15) is 0 Å². The highest BCUT2D eigenvalue weighted by Crippen LogP contribution is 2.24. The van der Waals surface area contributed by atoms with Crippen LogP contribution < -0.4 is 5.32 Å². The summed E-state index contributed by atoms with van der Waals surface area (Å²) in [7, 11) is 0. The minimum absolute atomic E-state index is 0.553. The van der Waals surface area contributed by atoms with Gasteiger partial charge in [0.1, 0.15) is 5.82 Å². The van der Waals surface area contributed by atoms with E-state index in [1.165, 1.54) is 18.7 Å². The number of hydrogen-bond acceptors (Lipinski definition) is 4. The second-order valence-electron chi connectivity index (χ2n) is 4.43. The van der Waals surface area contributed by atoms with Crippen molar-refractivity contribution in [1.29, 1.82) is 0 Å². The number of hydrogen-bond donors (Lipinski definition) is 1. The van der Waals surface area contributed by atoms with Crippen molar-refractivity contribution in [1.82, 2.24) is 19.9 Å². The van der Waals surface area contributed by atoms with E-state index >= 15 is 0 Å². The maximum atomic E-state index is 4.46. The maximum absolute atomic E-state index is 4.46. The Morgan fingerprint density at radius 3 is 3.35 bits per heavy atom. The van der Waals surface area contributed by atoms with Crippen molar-refractivity contribution in [3.05, 3.63) is 34.8 Å². The molecular formula is C12H16N4S. The smallest absolute Gasteiger partial charge is 0.113 e. The lowest BCUT2D eigenvalue weighted by Crippen LogP contribution is -2.26. The van der Waals surface area contributed by atoms with E-state index in [0.717, 1.165) is 25.3 Å². The molecule has 4 nitrogen and oxygen atoms in total. The van der Waals surface area contributed by atoms with Crippen molar-refractivity contribution >= 4 is 11.3 Å². The first-order valence-electron chi connectivity index (χ1n) is 6.02. The van der Waals surface area contributed by atoms with Gasteiger partial charge in [-0.05, 0) is 12.8 Å². The van der Waals surface area contributed by atoms with Crippen LogP contribution >= 0.6 is 11.3 Å². The number of rotatable bonds is 4. The Morgan fingerprint density at radius 1 is 1.47 bits per heavy atom. The van der Waals surface area contributed by atoms with Gasteiger partial charge in [0.2, 0.25) is 0 Å². The highest BCUT2D eigenvalue weighted by Gasteiger charge is 2.20. The molecule has 0 fully saturated rings. The minimum atomic E-state index is 0.553. The molecule has 2 aromatic heterocycles. The predicted molar refractivity (Wildman–Crippen MR) is 68.0 cm³/mol. The van der Waals surface area contributed by atoms with E-state index in [1.54, 1.807) is 11.3 Å². The van der Waals surface area contributed by atoms with Crippen LogP contribution in [-0.2, 0) is 13.1 Å². The number of aryl methyl sites for hydroxylation is 1. The number of thiazole rings is 1. The number of nitrogens with one attached hydrogen (secondary N) is 1. The molecule has 1 atom stereocenters. The average molecular weight is 248 g/mol. The van der Waals surface area contributed by atoms with Crippen LogP contribution in [0.4, 0.5) is 0 Å². The van der Waals surface area contributed by atoms with Gasteiger partial charge in [-0.3, -0.25) is 0 Å². The van der Waals surface area contributed by atoms with Gasteiger partial charge in [-0.25, -0.2) is 9.97 Å².